The lowest BCUT2D eigenvalue weighted by Crippen LogP contribution is -1.90. The molecule has 0 heterocycles. The Morgan fingerprint density at radius 3 is 0.423 bits per heavy atom. The van der Waals surface area contributed by atoms with Gasteiger partial charge < -0.3 is 0 Å². The van der Waals surface area contributed by atoms with E-state index in [1.807, 2.05) is 0 Å². The van der Waals surface area contributed by atoms with Gasteiger partial charge in [0.05, 0.1) is 0 Å². The molecule has 10 aromatic carbocycles. The van der Waals surface area contributed by atoms with Gasteiger partial charge in [-0.1, -0.05) is 218 Å². The van der Waals surface area contributed by atoms with Crippen molar-refractivity contribution in [2.75, 3.05) is 0 Å². The van der Waals surface area contributed by atoms with Gasteiger partial charge in [0.2, 0.25) is 0 Å². The molecule has 0 N–H and O–H groups in total. The summed E-state index contributed by atoms with van der Waals surface area (Å²) in [5.41, 5.74) is 10.3. The van der Waals surface area contributed by atoms with Crippen LogP contribution in [0, 0.1) is 0 Å². The van der Waals surface area contributed by atoms with Gasteiger partial charge in [-0.25, -0.2) is 0 Å². The number of rotatable bonds is 4. The number of benzene rings is 10. The highest BCUT2D eigenvalue weighted by atomic mass is 14.2. The Hall–Kier alpha value is -6.76. The molecule has 244 valence electrons. The van der Waals surface area contributed by atoms with E-state index < -0.39 is 0 Å². The average Bonchev–Trinajstić information content (AvgIpc) is 3.23. The molecule has 0 aliphatic carbocycles. The van der Waals surface area contributed by atoms with Crippen LogP contribution in [-0.2, 0) is 0 Å². The lowest BCUT2D eigenvalue weighted by Gasteiger charge is -2.17. The van der Waals surface area contributed by atoms with Crippen LogP contribution in [0.2, 0.25) is 0 Å². The zero-order valence-electron chi connectivity index (χ0n) is 28.8. The van der Waals surface area contributed by atoms with E-state index in [1.165, 1.54) is 87.6 Å². The van der Waals surface area contributed by atoms with Gasteiger partial charge in [0.1, 0.15) is 0 Å². The standard InChI is InChI=1S/2C26H18/c2*1-3-11-19(12-4-1)25-21-15-7-9-17-23(21)26(20-13-5-2-6-14-20)24-18-10-8-16-22(24)25/h2*1-18H. The van der Waals surface area contributed by atoms with E-state index >= 15 is 0 Å². The van der Waals surface area contributed by atoms with E-state index in [2.05, 4.69) is 218 Å². The van der Waals surface area contributed by atoms with Crippen LogP contribution in [0.1, 0.15) is 0 Å². The fourth-order valence-corrected chi connectivity index (χ4v) is 7.92. The topological polar surface area (TPSA) is 0 Å². The van der Waals surface area contributed by atoms with Gasteiger partial charge in [-0.15, -0.1) is 0 Å². The van der Waals surface area contributed by atoms with Crippen LogP contribution in [0.4, 0.5) is 0 Å². The number of hydrogen-bond donors (Lipinski definition) is 0. The fourth-order valence-electron chi connectivity index (χ4n) is 7.92. The van der Waals surface area contributed by atoms with E-state index in [4.69, 9.17) is 0 Å². The van der Waals surface area contributed by atoms with Crippen LogP contribution < -0.4 is 0 Å². The summed E-state index contributed by atoms with van der Waals surface area (Å²) < 4.78 is 0. The third kappa shape index (κ3) is 5.61. The van der Waals surface area contributed by atoms with Gasteiger partial charge in [0.25, 0.3) is 0 Å². The SMILES string of the molecule is c1ccc(-c2c3ccccc3c(-c3ccccc3)c3ccccc23)cc1.c1ccc(-c2c3ccccc3c(-c3ccccc3)c3ccccc23)cc1. The first-order chi connectivity index (χ1) is 25.9. The monoisotopic (exact) mass is 660 g/mol. The smallest absolute Gasteiger partial charge is 0.00264 e. The Labute approximate surface area is 304 Å². The maximum Gasteiger partial charge on any atom is -0.00264 e. The summed E-state index contributed by atoms with van der Waals surface area (Å²) in [6, 6.07) is 77.9. The van der Waals surface area contributed by atoms with E-state index in [9.17, 15) is 0 Å². The lowest BCUT2D eigenvalue weighted by atomic mass is 9.86. The highest BCUT2D eigenvalue weighted by molar-refractivity contribution is 6.22. The van der Waals surface area contributed by atoms with Gasteiger partial charge >= 0.3 is 0 Å². The maximum atomic E-state index is 2.25. The molecule has 0 aliphatic rings. The van der Waals surface area contributed by atoms with Crippen LogP contribution >= 0.6 is 0 Å². The summed E-state index contributed by atoms with van der Waals surface area (Å²) in [5, 5.41) is 10.4. The molecule has 0 unspecified atom stereocenters. The van der Waals surface area contributed by atoms with Crippen molar-refractivity contribution in [3.8, 4) is 44.5 Å². The summed E-state index contributed by atoms with van der Waals surface area (Å²) in [6.45, 7) is 0. The molecule has 0 nitrogen and oxygen atoms in total. The summed E-state index contributed by atoms with van der Waals surface area (Å²) >= 11 is 0. The Bertz CT molecular complexity index is 2290. The Morgan fingerprint density at radius 2 is 0.269 bits per heavy atom. The van der Waals surface area contributed by atoms with Crippen molar-refractivity contribution in [1.29, 1.82) is 0 Å². The van der Waals surface area contributed by atoms with Gasteiger partial charge in [-0.3, -0.25) is 0 Å². The molecular weight excluding hydrogens is 625 g/mol. The molecule has 0 aromatic heterocycles. The van der Waals surface area contributed by atoms with Crippen molar-refractivity contribution in [3.63, 3.8) is 0 Å². The molecule has 10 rings (SSSR count). The van der Waals surface area contributed by atoms with Crippen molar-refractivity contribution in [1.82, 2.24) is 0 Å². The highest BCUT2D eigenvalue weighted by Crippen LogP contribution is 2.44. The molecule has 0 saturated carbocycles. The Balaban J connectivity index is 0.000000138. The van der Waals surface area contributed by atoms with E-state index in [0.29, 0.717) is 0 Å². The Morgan fingerprint density at radius 1 is 0.135 bits per heavy atom. The number of fused-ring (bicyclic) bond motifs is 4. The van der Waals surface area contributed by atoms with Gasteiger partial charge in [-0.05, 0) is 87.6 Å². The quantitative estimate of drug-likeness (QED) is 0.165. The summed E-state index contributed by atoms with van der Waals surface area (Å²) in [6.07, 6.45) is 0. The fraction of sp³-hybridized carbons (Fsp3) is 0. The predicted molar refractivity (Wildman–Crippen MR) is 225 cm³/mol. The van der Waals surface area contributed by atoms with Crippen LogP contribution in [0.25, 0.3) is 87.6 Å². The summed E-state index contributed by atoms with van der Waals surface area (Å²) in [4.78, 5) is 0. The minimum absolute atomic E-state index is 1.26. The second-order valence-electron chi connectivity index (χ2n) is 13.1. The van der Waals surface area contributed by atoms with Gasteiger partial charge in [0, 0.05) is 0 Å². The Kier molecular flexibility index (Phi) is 8.33. The van der Waals surface area contributed by atoms with Crippen molar-refractivity contribution in [2.45, 2.75) is 0 Å². The molecule has 0 aliphatic heterocycles. The molecule has 0 atom stereocenters. The van der Waals surface area contributed by atoms with E-state index in [1.54, 1.807) is 0 Å². The minimum Gasteiger partial charge on any atom is -0.0622 e. The van der Waals surface area contributed by atoms with Crippen molar-refractivity contribution < 1.29 is 0 Å². The summed E-state index contributed by atoms with van der Waals surface area (Å²) in [7, 11) is 0. The first kappa shape index (κ1) is 31.2. The molecule has 0 bridgehead atoms. The molecule has 0 amide bonds. The average molecular weight is 661 g/mol. The first-order valence-corrected chi connectivity index (χ1v) is 18.0. The highest BCUT2D eigenvalue weighted by Gasteiger charge is 2.17. The van der Waals surface area contributed by atoms with Crippen molar-refractivity contribution in [2.24, 2.45) is 0 Å². The van der Waals surface area contributed by atoms with Crippen LogP contribution in [0.3, 0.4) is 0 Å². The molecule has 0 spiro atoms. The lowest BCUT2D eigenvalue weighted by molar-refractivity contribution is 1.65. The molecule has 52 heavy (non-hydrogen) atoms. The third-order valence-electron chi connectivity index (χ3n) is 10.1. The second kappa shape index (κ2) is 13.9. The zero-order valence-corrected chi connectivity index (χ0v) is 28.8. The molecule has 0 radical (unpaired) electrons. The van der Waals surface area contributed by atoms with Crippen molar-refractivity contribution in [3.05, 3.63) is 218 Å². The van der Waals surface area contributed by atoms with E-state index in [-0.39, 0.29) is 0 Å². The zero-order chi connectivity index (χ0) is 34.7. The molecule has 0 saturated heterocycles. The normalized spacial score (nSPS) is 11.1. The largest absolute Gasteiger partial charge is 0.0622 e. The minimum atomic E-state index is 1.26. The molecule has 0 fully saturated rings. The summed E-state index contributed by atoms with van der Waals surface area (Å²) in [5.74, 6) is 0. The number of hydrogen-bond acceptors (Lipinski definition) is 0. The molecule has 0 heteroatoms. The third-order valence-corrected chi connectivity index (χ3v) is 10.1. The van der Waals surface area contributed by atoms with Gasteiger partial charge in [0.15, 0.2) is 0 Å². The van der Waals surface area contributed by atoms with Crippen LogP contribution in [-0.4, -0.2) is 0 Å². The van der Waals surface area contributed by atoms with E-state index in [0.717, 1.165) is 0 Å². The predicted octanol–water partition coefficient (Wildman–Crippen LogP) is 14.7. The maximum absolute atomic E-state index is 2.25. The van der Waals surface area contributed by atoms with Crippen molar-refractivity contribution >= 4 is 43.1 Å². The first-order valence-electron chi connectivity index (χ1n) is 18.0. The second-order valence-corrected chi connectivity index (χ2v) is 13.1. The molecule has 10 aromatic rings. The van der Waals surface area contributed by atoms with Crippen LogP contribution in [0.15, 0.2) is 218 Å². The van der Waals surface area contributed by atoms with Crippen LogP contribution in [0.5, 0.6) is 0 Å². The molecular formula is C52H36. The van der Waals surface area contributed by atoms with Gasteiger partial charge in [-0.2, -0.15) is 0 Å².